The number of aryl methyl sites for hydroxylation is 1. The van der Waals surface area contributed by atoms with Crippen molar-refractivity contribution in [2.24, 2.45) is 11.8 Å². The topological polar surface area (TPSA) is 55.8 Å². The lowest BCUT2D eigenvalue weighted by molar-refractivity contribution is -0.141. The molecule has 130 valence electrons. The number of esters is 1. The van der Waals surface area contributed by atoms with E-state index in [-0.39, 0.29) is 24.4 Å². The van der Waals surface area contributed by atoms with Gasteiger partial charge in [-0.1, -0.05) is 11.6 Å². The standard InChI is InChI=1S/C20H26O4/c1-23-15-5-8-16-13(11-15)3-6-19-17(9-10-20(22)24-2)14(12-21)4-7-18(16)19/h5,8,11,14,17,21H,3-4,6-7,9-10,12H2,1-2H3/t14-,17+/m1/s1. The summed E-state index contributed by atoms with van der Waals surface area (Å²) < 4.78 is 10.1. The maximum absolute atomic E-state index is 11.6. The molecule has 0 bridgehead atoms. The minimum Gasteiger partial charge on any atom is -0.497 e. The van der Waals surface area contributed by atoms with Crippen LogP contribution in [0.2, 0.25) is 0 Å². The van der Waals surface area contributed by atoms with Crippen LogP contribution in [0.5, 0.6) is 5.75 Å². The van der Waals surface area contributed by atoms with Crippen LogP contribution in [0.4, 0.5) is 0 Å². The Labute approximate surface area is 143 Å². The molecule has 0 aliphatic heterocycles. The van der Waals surface area contributed by atoms with Crippen molar-refractivity contribution in [3.8, 4) is 5.75 Å². The zero-order chi connectivity index (χ0) is 17.1. The molecule has 0 aromatic heterocycles. The van der Waals surface area contributed by atoms with E-state index >= 15 is 0 Å². The third-order valence-corrected chi connectivity index (χ3v) is 5.59. The Morgan fingerprint density at radius 2 is 2.08 bits per heavy atom. The van der Waals surface area contributed by atoms with Crippen molar-refractivity contribution in [2.45, 2.75) is 38.5 Å². The number of carbonyl (C=O) groups is 1. The Kier molecular flexibility index (Phi) is 5.24. The lowest BCUT2D eigenvalue weighted by atomic mass is 9.67. The van der Waals surface area contributed by atoms with Crippen molar-refractivity contribution in [3.05, 3.63) is 34.9 Å². The molecule has 0 unspecified atom stereocenters. The molecule has 3 rings (SSSR count). The molecule has 4 heteroatoms. The third kappa shape index (κ3) is 3.20. The summed E-state index contributed by atoms with van der Waals surface area (Å²) >= 11 is 0. The van der Waals surface area contributed by atoms with Gasteiger partial charge in [0.2, 0.25) is 0 Å². The van der Waals surface area contributed by atoms with E-state index in [4.69, 9.17) is 9.47 Å². The fraction of sp³-hybridized carbons (Fsp3) is 0.550. The summed E-state index contributed by atoms with van der Waals surface area (Å²) in [5.74, 6) is 1.28. The van der Waals surface area contributed by atoms with Crippen LogP contribution in [0.15, 0.2) is 23.8 Å². The predicted molar refractivity (Wildman–Crippen MR) is 92.8 cm³/mol. The van der Waals surface area contributed by atoms with Crippen molar-refractivity contribution >= 4 is 11.5 Å². The van der Waals surface area contributed by atoms with Gasteiger partial charge in [0.1, 0.15) is 5.75 Å². The molecule has 0 radical (unpaired) electrons. The SMILES string of the molecule is COC(=O)CC[C@@H]1C2=C(CC[C@@H]1CO)c1ccc(OC)cc1CC2. The van der Waals surface area contributed by atoms with Gasteiger partial charge < -0.3 is 14.6 Å². The number of aliphatic hydroxyl groups excluding tert-OH is 1. The molecule has 24 heavy (non-hydrogen) atoms. The maximum Gasteiger partial charge on any atom is 0.305 e. The number of carbonyl (C=O) groups excluding carboxylic acids is 1. The molecule has 1 aromatic rings. The second-order valence-electron chi connectivity index (χ2n) is 6.73. The Morgan fingerprint density at radius 3 is 2.79 bits per heavy atom. The average Bonchev–Trinajstić information content (AvgIpc) is 2.64. The highest BCUT2D eigenvalue weighted by Gasteiger charge is 2.34. The zero-order valence-electron chi connectivity index (χ0n) is 14.5. The van der Waals surface area contributed by atoms with E-state index in [2.05, 4.69) is 12.1 Å². The zero-order valence-corrected chi connectivity index (χ0v) is 14.5. The smallest absolute Gasteiger partial charge is 0.305 e. The molecule has 0 heterocycles. The van der Waals surface area contributed by atoms with E-state index in [0.29, 0.717) is 6.42 Å². The molecule has 0 amide bonds. The van der Waals surface area contributed by atoms with Gasteiger partial charge in [-0.2, -0.15) is 0 Å². The second kappa shape index (κ2) is 7.39. The highest BCUT2D eigenvalue weighted by atomic mass is 16.5. The number of hydrogen-bond acceptors (Lipinski definition) is 4. The monoisotopic (exact) mass is 330 g/mol. The first-order valence-corrected chi connectivity index (χ1v) is 8.74. The fourth-order valence-corrected chi connectivity index (χ4v) is 4.32. The van der Waals surface area contributed by atoms with Gasteiger partial charge >= 0.3 is 5.97 Å². The molecule has 0 saturated heterocycles. The Balaban J connectivity index is 1.91. The van der Waals surface area contributed by atoms with Crippen LogP contribution in [0.1, 0.15) is 43.2 Å². The van der Waals surface area contributed by atoms with Crippen molar-refractivity contribution in [3.63, 3.8) is 0 Å². The molecule has 0 saturated carbocycles. The van der Waals surface area contributed by atoms with Crippen LogP contribution in [0, 0.1) is 11.8 Å². The largest absolute Gasteiger partial charge is 0.497 e. The number of hydrogen-bond donors (Lipinski definition) is 1. The van der Waals surface area contributed by atoms with Gasteiger partial charge in [0.25, 0.3) is 0 Å². The molecular weight excluding hydrogens is 304 g/mol. The van der Waals surface area contributed by atoms with Crippen molar-refractivity contribution < 1.29 is 19.4 Å². The first-order chi connectivity index (χ1) is 11.7. The summed E-state index contributed by atoms with van der Waals surface area (Å²) in [6, 6.07) is 6.33. The van der Waals surface area contributed by atoms with Gasteiger partial charge in [-0.25, -0.2) is 0 Å². The van der Waals surface area contributed by atoms with Crippen LogP contribution in [-0.4, -0.2) is 31.9 Å². The number of allylic oxidation sites excluding steroid dienone is 2. The van der Waals surface area contributed by atoms with Crippen LogP contribution in [-0.2, 0) is 16.0 Å². The van der Waals surface area contributed by atoms with Crippen molar-refractivity contribution in [2.75, 3.05) is 20.8 Å². The van der Waals surface area contributed by atoms with E-state index in [1.165, 1.54) is 29.4 Å². The number of fused-ring (bicyclic) bond motifs is 2. The maximum atomic E-state index is 11.6. The van der Waals surface area contributed by atoms with Gasteiger partial charge in [0, 0.05) is 13.0 Å². The Hall–Kier alpha value is -1.81. The summed E-state index contributed by atoms with van der Waals surface area (Å²) in [4.78, 5) is 11.6. The van der Waals surface area contributed by atoms with E-state index in [1.54, 1.807) is 7.11 Å². The molecule has 0 fully saturated rings. The van der Waals surface area contributed by atoms with Crippen molar-refractivity contribution in [1.82, 2.24) is 0 Å². The lowest BCUT2D eigenvalue weighted by Gasteiger charge is -2.38. The van der Waals surface area contributed by atoms with Gasteiger partial charge in [-0.15, -0.1) is 0 Å². The van der Waals surface area contributed by atoms with E-state index in [0.717, 1.165) is 37.9 Å². The molecule has 2 aliphatic carbocycles. The van der Waals surface area contributed by atoms with E-state index in [1.807, 2.05) is 6.07 Å². The number of aliphatic hydroxyl groups is 1. The van der Waals surface area contributed by atoms with Crippen LogP contribution < -0.4 is 4.74 Å². The highest BCUT2D eigenvalue weighted by Crippen LogP contribution is 2.47. The molecule has 0 spiro atoms. The third-order valence-electron chi connectivity index (χ3n) is 5.59. The minimum absolute atomic E-state index is 0.166. The Morgan fingerprint density at radius 1 is 1.25 bits per heavy atom. The number of rotatable bonds is 5. The first kappa shape index (κ1) is 17.0. The summed E-state index contributed by atoms with van der Waals surface area (Å²) in [7, 11) is 3.13. The molecule has 2 atom stereocenters. The summed E-state index contributed by atoms with van der Waals surface area (Å²) in [6.45, 7) is 0.193. The molecule has 1 aromatic carbocycles. The molecule has 1 N–H and O–H groups in total. The molecule has 4 nitrogen and oxygen atoms in total. The van der Waals surface area contributed by atoms with Gasteiger partial charge in [0.15, 0.2) is 0 Å². The minimum atomic E-state index is -0.166. The summed E-state index contributed by atoms with van der Waals surface area (Å²) in [5.41, 5.74) is 5.55. The van der Waals surface area contributed by atoms with Gasteiger partial charge in [-0.05, 0) is 72.8 Å². The van der Waals surface area contributed by atoms with E-state index in [9.17, 15) is 9.90 Å². The van der Waals surface area contributed by atoms with Gasteiger partial charge in [0.05, 0.1) is 14.2 Å². The fourth-order valence-electron chi connectivity index (χ4n) is 4.32. The predicted octanol–water partition coefficient (Wildman–Crippen LogP) is 3.37. The number of methoxy groups -OCH3 is 2. The van der Waals surface area contributed by atoms with Gasteiger partial charge in [-0.3, -0.25) is 4.79 Å². The van der Waals surface area contributed by atoms with Crippen LogP contribution in [0.25, 0.3) is 5.57 Å². The molecular formula is C20H26O4. The van der Waals surface area contributed by atoms with Crippen LogP contribution in [0.3, 0.4) is 0 Å². The second-order valence-corrected chi connectivity index (χ2v) is 6.73. The lowest BCUT2D eigenvalue weighted by Crippen LogP contribution is -2.28. The summed E-state index contributed by atoms with van der Waals surface area (Å²) in [6.07, 6.45) is 5.18. The van der Waals surface area contributed by atoms with Crippen LogP contribution >= 0.6 is 0 Å². The quantitative estimate of drug-likeness (QED) is 0.841. The Bertz CT molecular complexity index is 647. The highest BCUT2D eigenvalue weighted by molar-refractivity contribution is 5.75. The normalized spacial score (nSPS) is 22.6. The molecule has 2 aliphatic rings. The first-order valence-electron chi connectivity index (χ1n) is 8.74. The average molecular weight is 330 g/mol. The van der Waals surface area contributed by atoms with E-state index < -0.39 is 0 Å². The van der Waals surface area contributed by atoms with Crippen molar-refractivity contribution in [1.29, 1.82) is 0 Å². The number of ether oxygens (including phenoxy) is 2. The summed E-state index contributed by atoms with van der Waals surface area (Å²) in [5, 5.41) is 9.78. The number of benzene rings is 1.